The molecule has 0 aromatic heterocycles. The predicted octanol–water partition coefficient (Wildman–Crippen LogP) is 1.62. The van der Waals surface area contributed by atoms with E-state index >= 15 is 0 Å². The van der Waals surface area contributed by atoms with Crippen LogP contribution in [-0.4, -0.2) is 17.0 Å². The molecule has 0 unspecified atom stereocenters. The van der Waals surface area contributed by atoms with Crippen LogP contribution in [0.25, 0.3) is 0 Å². The predicted molar refractivity (Wildman–Crippen MR) is 36.1 cm³/mol. The smallest absolute Gasteiger partial charge is 0.132 e. The first kappa shape index (κ1) is 6.05. The van der Waals surface area contributed by atoms with Crippen molar-refractivity contribution in [1.82, 2.24) is 0 Å². The van der Waals surface area contributed by atoms with Crippen LogP contribution in [-0.2, 0) is 0 Å². The fourth-order valence-electron chi connectivity index (χ4n) is 0.421. The molecule has 8 heavy (non-hydrogen) atoms. The molecule has 0 aromatic rings. The molecule has 0 fully saturated rings. The molecule has 1 aliphatic rings. The van der Waals surface area contributed by atoms with Gasteiger partial charge in [-0.1, -0.05) is 23.2 Å². The Morgan fingerprint density at radius 2 is 1.62 bits per heavy atom. The molecule has 0 saturated carbocycles. The lowest BCUT2D eigenvalue weighted by Crippen LogP contribution is -2.02. The maximum atomic E-state index is 5.50. The molecule has 0 N–H and O–H groups in total. The van der Waals surface area contributed by atoms with Gasteiger partial charge in [0.1, 0.15) is 17.0 Å². The lowest BCUT2D eigenvalue weighted by atomic mass is 10.5. The van der Waals surface area contributed by atoms with Crippen molar-refractivity contribution in [3.8, 4) is 0 Å². The Balaban J connectivity index is 2.57. The van der Waals surface area contributed by atoms with E-state index in [0.717, 1.165) is 0 Å². The van der Waals surface area contributed by atoms with Gasteiger partial charge in [0.25, 0.3) is 0 Å². The van der Waals surface area contributed by atoms with E-state index in [4.69, 9.17) is 23.2 Å². The third kappa shape index (κ3) is 1.46. The summed E-state index contributed by atoms with van der Waals surface area (Å²) in [5, 5.41) is 1.09. The van der Waals surface area contributed by atoms with Gasteiger partial charge in [-0.25, -0.2) is 0 Å². The maximum absolute atomic E-state index is 5.50. The first-order valence-electron chi connectivity index (χ1n) is 2.16. The van der Waals surface area contributed by atoms with Crippen LogP contribution in [0.2, 0.25) is 0 Å². The van der Waals surface area contributed by atoms with Gasteiger partial charge in [-0.2, -0.15) is 0 Å². The van der Waals surface area contributed by atoms with Gasteiger partial charge in [0.15, 0.2) is 0 Å². The van der Waals surface area contributed by atoms with Crippen LogP contribution in [0, 0.1) is 0 Å². The Kier molecular flexibility index (Phi) is 1.86. The van der Waals surface area contributed by atoms with E-state index in [2.05, 4.69) is 9.98 Å². The van der Waals surface area contributed by atoms with Crippen molar-refractivity contribution in [1.29, 1.82) is 0 Å². The van der Waals surface area contributed by atoms with Crippen molar-refractivity contribution in [3.63, 3.8) is 0 Å². The number of hydrogen-bond acceptors (Lipinski definition) is 2. The lowest BCUT2D eigenvalue weighted by molar-refractivity contribution is 1.05. The Labute approximate surface area is 57.2 Å². The molecule has 0 aliphatic carbocycles. The van der Waals surface area contributed by atoms with Gasteiger partial charge in [-0.15, -0.1) is 0 Å². The van der Waals surface area contributed by atoms with Gasteiger partial charge >= 0.3 is 0 Å². The Hall–Kier alpha value is -0.0800. The maximum Gasteiger partial charge on any atom is 0.132 e. The summed E-state index contributed by atoms with van der Waals surface area (Å²) in [5.41, 5.74) is 0. The second kappa shape index (κ2) is 2.46. The van der Waals surface area contributed by atoms with Crippen LogP contribution in [0.4, 0.5) is 0 Å². The van der Waals surface area contributed by atoms with E-state index in [9.17, 15) is 0 Å². The second-order valence-corrected chi connectivity index (χ2v) is 2.26. The van der Waals surface area contributed by atoms with Gasteiger partial charge in [0.05, 0.1) is 6.42 Å². The van der Waals surface area contributed by atoms with Crippen LogP contribution >= 0.6 is 23.2 Å². The summed E-state index contributed by atoms with van der Waals surface area (Å²) in [4.78, 5) is 7.58. The highest BCUT2D eigenvalue weighted by Crippen LogP contribution is 2.04. The molecule has 2 nitrogen and oxygen atoms in total. The van der Waals surface area contributed by atoms with E-state index in [-0.39, 0.29) is 0 Å². The summed E-state index contributed by atoms with van der Waals surface area (Å²) in [6.07, 6.45) is 0.503. The van der Waals surface area contributed by atoms with Crippen molar-refractivity contribution in [3.05, 3.63) is 0 Å². The van der Waals surface area contributed by atoms with Gasteiger partial charge in [-0.3, -0.25) is 9.98 Å². The summed E-state index contributed by atoms with van der Waals surface area (Å²) >= 11 is 11.0. The van der Waals surface area contributed by atoms with Crippen LogP contribution in [0.3, 0.4) is 0 Å². The fraction of sp³-hybridized carbons (Fsp3) is 0.500. The van der Waals surface area contributed by atoms with Gasteiger partial charge in [0.2, 0.25) is 0 Å². The van der Waals surface area contributed by atoms with Crippen LogP contribution in [0.5, 0.6) is 0 Å². The highest BCUT2D eigenvalue weighted by Gasteiger charge is 2.02. The zero-order valence-electron chi connectivity index (χ0n) is 4.06. The second-order valence-electron chi connectivity index (χ2n) is 1.39. The minimum absolute atomic E-state index is 0.387. The van der Waals surface area contributed by atoms with Crippen molar-refractivity contribution < 1.29 is 0 Å². The number of aliphatic imine (C=N–C) groups is 2. The van der Waals surface area contributed by atoms with E-state index in [1.807, 2.05) is 0 Å². The van der Waals surface area contributed by atoms with Gasteiger partial charge in [-0.05, 0) is 0 Å². The molecular formula is C4H4Cl2N2. The molecular weight excluding hydrogens is 147 g/mol. The molecule has 1 rings (SSSR count). The summed E-state index contributed by atoms with van der Waals surface area (Å²) in [7, 11) is 0. The molecule has 1 heterocycles. The highest BCUT2D eigenvalue weighted by atomic mass is 35.5. The molecule has 0 radical (unpaired) electrons. The molecule has 0 spiro atoms. The molecule has 44 valence electrons. The van der Waals surface area contributed by atoms with Gasteiger partial charge in [0, 0.05) is 0 Å². The molecule has 0 aromatic carbocycles. The summed E-state index contributed by atoms with van der Waals surface area (Å²) < 4.78 is 0. The number of rotatable bonds is 0. The number of nitrogens with zero attached hydrogens (tertiary/aromatic N) is 2. The summed E-state index contributed by atoms with van der Waals surface area (Å²) in [6, 6.07) is 0. The summed E-state index contributed by atoms with van der Waals surface area (Å²) in [6.45, 7) is 0.387. The van der Waals surface area contributed by atoms with Gasteiger partial charge < -0.3 is 0 Å². The standard InChI is InChI=1S/C4H4Cl2N2/c5-3-1-4(6)8-2-7-3/h1-2H2. The minimum atomic E-state index is 0.387. The molecule has 0 saturated heterocycles. The Bertz CT molecular complexity index is 134. The summed E-state index contributed by atoms with van der Waals surface area (Å²) in [5.74, 6) is 0. The average Bonchev–Trinajstić information content (AvgIpc) is 1.64. The van der Waals surface area contributed by atoms with Crippen LogP contribution < -0.4 is 0 Å². The Morgan fingerprint density at radius 3 is 1.88 bits per heavy atom. The average molecular weight is 151 g/mol. The minimum Gasteiger partial charge on any atom is -0.254 e. The molecule has 0 amide bonds. The van der Waals surface area contributed by atoms with Crippen LogP contribution in [0.1, 0.15) is 6.42 Å². The first-order chi connectivity index (χ1) is 3.79. The molecule has 1 aliphatic heterocycles. The van der Waals surface area contributed by atoms with E-state index in [0.29, 0.717) is 23.4 Å². The van der Waals surface area contributed by atoms with E-state index in [1.54, 1.807) is 0 Å². The quantitative estimate of drug-likeness (QED) is 0.502. The monoisotopic (exact) mass is 150 g/mol. The molecule has 0 bridgehead atoms. The topological polar surface area (TPSA) is 24.7 Å². The third-order valence-corrected chi connectivity index (χ3v) is 1.28. The van der Waals surface area contributed by atoms with Crippen molar-refractivity contribution in [2.75, 3.05) is 6.67 Å². The fourth-order valence-corrected chi connectivity index (χ4v) is 0.849. The third-order valence-electron chi connectivity index (χ3n) is 0.776. The Morgan fingerprint density at radius 1 is 1.12 bits per heavy atom. The zero-order chi connectivity index (χ0) is 5.98. The first-order valence-corrected chi connectivity index (χ1v) is 2.92. The normalized spacial score (nSPS) is 19.8. The molecule has 4 heteroatoms. The highest BCUT2D eigenvalue weighted by molar-refractivity contribution is 6.74. The zero-order valence-corrected chi connectivity index (χ0v) is 5.58. The SMILES string of the molecule is ClC1=NCN=C(Cl)C1. The van der Waals surface area contributed by atoms with Crippen molar-refractivity contribution in [2.45, 2.75) is 6.42 Å². The van der Waals surface area contributed by atoms with E-state index < -0.39 is 0 Å². The molecule has 0 atom stereocenters. The number of hydrogen-bond donors (Lipinski definition) is 0. The lowest BCUT2D eigenvalue weighted by Gasteiger charge is -2.00. The van der Waals surface area contributed by atoms with Crippen LogP contribution in [0.15, 0.2) is 9.98 Å². The number of halogens is 2. The largest absolute Gasteiger partial charge is 0.254 e. The van der Waals surface area contributed by atoms with E-state index in [1.165, 1.54) is 0 Å². The van der Waals surface area contributed by atoms with Crippen molar-refractivity contribution >= 4 is 33.5 Å². The van der Waals surface area contributed by atoms with Crippen molar-refractivity contribution in [2.24, 2.45) is 9.98 Å².